The summed E-state index contributed by atoms with van der Waals surface area (Å²) in [5, 5.41) is 11.8. The summed E-state index contributed by atoms with van der Waals surface area (Å²) in [6.07, 6.45) is 0.105. The molecule has 2 aromatic heterocycles. The van der Waals surface area contributed by atoms with E-state index in [2.05, 4.69) is 50.2 Å². The average molecular weight is 658 g/mol. The maximum absolute atomic E-state index is 12.9. The second-order valence-electron chi connectivity index (χ2n) is 13.5. The molecule has 3 aliphatic rings. The van der Waals surface area contributed by atoms with Crippen LogP contribution < -0.4 is 0 Å². The number of benzene rings is 2. The van der Waals surface area contributed by atoms with E-state index in [0.717, 1.165) is 66.4 Å². The van der Waals surface area contributed by atoms with Crippen molar-refractivity contribution in [3.63, 3.8) is 0 Å². The topological polar surface area (TPSA) is 99.1 Å². The summed E-state index contributed by atoms with van der Waals surface area (Å²) in [5.41, 5.74) is 8.28. The number of aromatic nitrogens is 2. The Morgan fingerprint density at radius 2 is 1.37 bits per heavy atom. The largest absolute Gasteiger partial charge is 0.444 e. The van der Waals surface area contributed by atoms with Gasteiger partial charge in [-0.1, -0.05) is 36.4 Å². The zero-order valence-electron chi connectivity index (χ0n) is 26.9. The Bertz CT molecular complexity index is 1790. The number of fused-ring (bicyclic) bond motifs is 2. The highest BCUT2D eigenvalue weighted by atomic mass is 32.1. The lowest BCUT2D eigenvalue weighted by Gasteiger charge is -2.24. The van der Waals surface area contributed by atoms with Crippen molar-refractivity contribution in [1.29, 1.82) is 0 Å². The molecule has 1 N–H and O–H groups in total. The molecule has 7 rings (SSSR count). The van der Waals surface area contributed by atoms with Gasteiger partial charge in [0.1, 0.15) is 15.6 Å². The summed E-state index contributed by atoms with van der Waals surface area (Å²) < 4.78 is 5.57. The van der Waals surface area contributed by atoms with Crippen LogP contribution in [-0.4, -0.2) is 73.1 Å². The number of hydrogen-bond donors (Lipinski definition) is 1. The maximum Gasteiger partial charge on any atom is 0.410 e. The van der Waals surface area contributed by atoms with Gasteiger partial charge in [-0.3, -0.25) is 14.6 Å². The van der Waals surface area contributed by atoms with Gasteiger partial charge in [0.05, 0.1) is 50.2 Å². The third-order valence-corrected chi connectivity index (χ3v) is 11.2. The highest BCUT2D eigenvalue weighted by Crippen LogP contribution is 2.41. The van der Waals surface area contributed by atoms with Gasteiger partial charge >= 0.3 is 6.09 Å². The second kappa shape index (κ2) is 11.9. The fourth-order valence-corrected chi connectivity index (χ4v) is 8.85. The molecule has 0 unspecified atom stereocenters. The van der Waals surface area contributed by atoms with E-state index in [1.54, 1.807) is 27.6 Å². The van der Waals surface area contributed by atoms with Gasteiger partial charge in [0.15, 0.2) is 0 Å². The van der Waals surface area contributed by atoms with Gasteiger partial charge in [0, 0.05) is 34.0 Å². The Kier molecular flexibility index (Phi) is 7.99. The number of amides is 2. The first-order chi connectivity index (χ1) is 21.9. The van der Waals surface area contributed by atoms with Crippen molar-refractivity contribution in [2.45, 2.75) is 78.9 Å². The number of thiazole rings is 2. The van der Waals surface area contributed by atoms with Crippen molar-refractivity contribution in [3.8, 4) is 32.3 Å². The number of nitrogens with zero attached hydrogens (tertiary/aromatic N) is 5. The second-order valence-corrected chi connectivity index (χ2v) is 15.7. The molecule has 5 heterocycles. The summed E-state index contributed by atoms with van der Waals surface area (Å²) in [5.74, 6) is 0.0974. The lowest BCUT2D eigenvalue weighted by molar-refractivity contribution is -0.132. The summed E-state index contributed by atoms with van der Waals surface area (Å²) in [7, 11) is 0. The van der Waals surface area contributed by atoms with Crippen molar-refractivity contribution in [2.24, 2.45) is 0 Å². The number of carbonyl (C=O) groups is 2. The van der Waals surface area contributed by atoms with Gasteiger partial charge in [0.2, 0.25) is 5.91 Å². The molecule has 4 aromatic rings. The predicted octanol–water partition coefficient (Wildman–Crippen LogP) is 6.38. The number of carbonyl (C=O) groups excluding carboxylic acids is 2. The van der Waals surface area contributed by atoms with E-state index in [-0.39, 0.29) is 18.1 Å². The van der Waals surface area contributed by atoms with E-state index in [0.29, 0.717) is 39.3 Å². The van der Waals surface area contributed by atoms with Crippen molar-refractivity contribution >= 4 is 34.7 Å². The van der Waals surface area contributed by atoms with Crippen LogP contribution in [0.15, 0.2) is 36.4 Å². The number of rotatable bonds is 5. The van der Waals surface area contributed by atoms with E-state index in [4.69, 9.17) is 14.7 Å². The average Bonchev–Trinajstić information content (AvgIpc) is 3.79. The highest BCUT2D eigenvalue weighted by Gasteiger charge is 2.32. The lowest BCUT2D eigenvalue weighted by atomic mass is 9.91. The molecule has 3 aliphatic heterocycles. The first-order valence-electron chi connectivity index (χ1n) is 15.8. The zero-order chi connectivity index (χ0) is 32.3. The molecule has 0 aliphatic carbocycles. The molecule has 0 radical (unpaired) electrons. The van der Waals surface area contributed by atoms with Crippen LogP contribution in [0.5, 0.6) is 0 Å². The van der Waals surface area contributed by atoms with Crippen molar-refractivity contribution in [3.05, 3.63) is 68.7 Å². The standard InChI is InChI=1S/C35H39N5O4S2/c1-20-23(8-6-10-25(20)32-36-27-15-39(17-29(27)45-32)31(42)19-38-13-12-22(41)14-38)24-9-7-11-26(21(24)2)33-37-28-16-40(18-30(28)46-33)34(43)44-35(3,4)5/h6-11,22,41H,12-19H2,1-5H3/t22-/m1/s1. The molecule has 1 fully saturated rings. The van der Waals surface area contributed by atoms with Crippen LogP contribution in [0.3, 0.4) is 0 Å². The number of aliphatic hydroxyl groups is 1. The fourth-order valence-electron chi connectivity index (χ4n) is 6.51. The Hall–Kier alpha value is -3.64. The van der Waals surface area contributed by atoms with Crippen LogP contribution in [-0.2, 0) is 35.7 Å². The highest BCUT2D eigenvalue weighted by molar-refractivity contribution is 7.15. The van der Waals surface area contributed by atoms with Crippen LogP contribution in [0.4, 0.5) is 4.79 Å². The van der Waals surface area contributed by atoms with E-state index >= 15 is 0 Å². The van der Waals surface area contributed by atoms with Gasteiger partial charge in [-0.2, -0.15) is 0 Å². The maximum atomic E-state index is 12.9. The van der Waals surface area contributed by atoms with Crippen LogP contribution in [0, 0.1) is 13.8 Å². The molecule has 46 heavy (non-hydrogen) atoms. The van der Waals surface area contributed by atoms with Gasteiger partial charge in [-0.25, -0.2) is 14.8 Å². The summed E-state index contributed by atoms with van der Waals surface area (Å²) in [6.45, 7) is 13.8. The van der Waals surface area contributed by atoms with E-state index in [1.807, 2.05) is 30.6 Å². The SMILES string of the molecule is Cc1c(-c2nc3c(s2)CN(C(=O)CN2CC[C@@H](O)C2)C3)cccc1-c1cccc(-c2nc3c(s2)CN(C(=O)OC(C)(C)C)C3)c1C. The van der Waals surface area contributed by atoms with Gasteiger partial charge in [-0.15, -0.1) is 22.7 Å². The molecule has 0 spiro atoms. The monoisotopic (exact) mass is 657 g/mol. The van der Waals surface area contributed by atoms with Gasteiger partial charge in [0.25, 0.3) is 0 Å². The third-order valence-electron chi connectivity index (χ3n) is 8.94. The number of β-amino-alcohol motifs (C(OH)–C–C–N with tert-alkyl or cyclic N) is 1. The molecule has 240 valence electrons. The zero-order valence-corrected chi connectivity index (χ0v) is 28.6. The first-order valence-corrected chi connectivity index (χ1v) is 17.4. The normalized spacial score (nSPS) is 17.9. The van der Waals surface area contributed by atoms with Crippen molar-refractivity contribution in [2.75, 3.05) is 19.6 Å². The number of ether oxygens (including phenoxy) is 1. The van der Waals surface area contributed by atoms with E-state index in [9.17, 15) is 14.7 Å². The van der Waals surface area contributed by atoms with Gasteiger partial charge in [-0.05, 0) is 63.3 Å². The minimum Gasteiger partial charge on any atom is -0.444 e. The summed E-state index contributed by atoms with van der Waals surface area (Å²) in [4.78, 5) is 43.4. The molecule has 1 atom stereocenters. The fraction of sp³-hybridized carbons (Fsp3) is 0.429. The number of likely N-dealkylation sites (tertiary alicyclic amines) is 1. The molecule has 2 aromatic carbocycles. The third kappa shape index (κ3) is 5.97. The molecule has 11 heteroatoms. The van der Waals surface area contributed by atoms with E-state index < -0.39 is 5.60 Å². The first kappa shape index (κ1) is 31.0. The van der Waals surface area contributed by atoms with Gasteiger partial charge < -0.3 is 14.7 Å². The number of hydrogen-bond acceptors (Lipinski definition) is 9. The lowest BCUT2D eigenvalue weighted by Crippen LogP contribution is -2.37. The molecule has 9 nitrogen and oxygen atoms in total. The summed E-state index contributed by atoms with van der Waals surface area (Å²) in [6, 6.07) is 12.8. The van der Waals surface area contributed by atoms with Crippen LogP contribution in [0.2, 0.25) is 0 Å². The Balaban J connectivity index is 1.08. The molecular formula is C35H39N5O4S2. The van der Waals surface area contributed by atoms with Crippen LogP contribution in [0.1, 0.15) is 59.5 Å². The Morgan fingerprint density at radius 3 is 1.87 bits per heavy atom. The minimum atomic E-state index is -0.528. The molecule has 0 bridgehead atoms. The predicted molar refractivity (Wildman–Crippen MR) is 180 cm³/mol. The number of aliphatic hydroxyl groups excluding tert-OH is 1. The van der Waals surface area contributed by atoms with Crippen molar-refractivity contribution in [1.82, 2.24) is 24.7 Å². The van der Waals surface area contributed by atoms with Crippen molar-refractivity contribution < 1.29 is 19.4 Å². The van der Waals surface area contributed by atoms with Crippen LogP contribution in [0.25, 0.3) is 32.3 Å². The molecular weight excluding hydrogens is 619 g/mol. The van der Waals surface area contributed by atoms with E-state index in [1.165, 1.54) is 11.1 Å². The minimum absolute atomic E-state index is 0.0974. The molecule has 1 saturated heterocycles. The Labute approximate surface area is 277 Å². The quantitative estimate of drug-likeness (QED) is 0.266. The molecule has 0 saturated carbocycles. The summed E-state index contributed by atoms with van der Waals surface area (Å²) >= 11 is 3.33. The Morgan fingerprint density at radius 1 is 0.848 bits per heavy atom. The smallest absolute Gasteiger partial charge is 0.410 e. The molecule has 2 amide bonds. The van der Waals surface area contributed by atoms with Crippen LogP contribution >= 0.6 is 22.7 Å².